The molecule has 34 heavy (non-hydrogen) atoms. The van der Waals surface area contributed by atoms with Crippen LogP contribution in [0.3, 0.4) is 0 Å². The smallest absolute Gasteiger partial charge is 0.338 e. The molecule has 1 amide bonds. The van der Waals surface area contributed by atoms with Crippen molar-refractivity contribution in [3.8, 4) is 0 Å². The van der Waals surface area contributed by atoms with Crippen LogP contribution in [-0.4, -0.2) is 23.6 Å². The number of anilines is 1. The van der Waals surface area contributed by atoms with Gasteiger partial charge in [-0.05, 0) is 73.7 Å². The lowest BCUT2D eigenvalue weighted by Gasteiger charge is -2.26. The molecule has 0 bridgehead atoms. The van der Waals surface area contributed by atoms with Crippen LogP contribution in [0.1, 0.15) is 33.2 Å². The fourth-order valence-electron chi connectivity index (χ4n) is 2.99. The second-order valence-corrected chi connectivity index (χ2v) is 8.96. The highest BCUT2D eigenvalue weighted by Gasteiger charge is 2.20. The molecule has 3 aromatic carbocycles. The van der Waals surface area contributed by atoms with Crippen LogP contribution in [-0.2, 0) is 11.3 Å². The minimum Gasteiger partial charge on any atom is -0.462 e. The topological polar surface area (TPSA) is 58.6 Å². The maximum Gasteiger partial charge on any atom is 0.338 e. The molecule has 176 valence electrons. The molecule has 0 aliphatic rings. The van der Waals surface area contributed by atoms with E-state index in [1.54, 1.807) is 54.3 Å². The summed E-state index contributed by atoms with van der Waals surface area (Å²) in [6, 6.07) is 16.3. The molecule has 0 heterocycles. The lowest BCUT2D eigenvalue weighted by Crippen LogP contribution is -2.42. The Morgan fingerprint density at radius 2 is 1.50 bits per heavy atom. The predicted octanol–water partition coefficient (Wildman–Crippen LogP) is 7.20. The average Bonchev–Trinajstić information content (AvgIpc) is 2.81. The van der Waals surface area contributed by atoms with Gasteiger partial charge in [0.2, 0.25) is 0 Å². The Morgan fingerprint density at radius 1 is 0.882 bits per heavy atom. The van der Waals surface area contributed by atoms with Crippen molar-refractivity contribution < 1.29 is 14.3 Å². The van der Waals surface area contributed by atoms with Crippen LogP contribution < -0.4 is 10.2 Å². The normalized spacial score (nSPS) is 10.5. The van der Waals surface area contributed by atoms with Gasteiger partial charge in [-0.2, -0.15) is 0 Å². The predicted molar refractivity (Wildman–Crippen MR) is 142 cm³/mol. The summed E-state index contributed by atoms with van der Waals surface area (Å²) in [5.74, 6) is -0.910. The summed E-state index contributed by atoms with van der Waals surface area (Å²) in [5.41, 5.74) is 1.88. The highest BCUT2D eigenvalue weighted by atomic mass is 35.5. The number of benzene rings is 3. The first-order chi connectivity index (χ1) is 16.2. The molecule has 0 saturated heterocycles. The lowest BCUT2D eigenvalue weighted by molar-refractivity contribution is 0.0526. The van der Waals surface area contributed by atoms with Crippen molar-refractivity contribution in [2.45, 2.75) is 13.5 Å². The molecule has 1 N–H and O–H groups in total. The summed E-state index contributed by atoms with van der Waals surface area (Å²) < 4.78 is 5.03. The molecule has 0 aromatic heterocycles. The Hall–Kier alpha value is -2.35. The molecule has 0 spiro atoms. The number of carbonyl (C=O) groups is 2. The number of amides is 1. The molecule has 10 heteroatoms. The zero-order valence-corrected chi connectivity index (χ0v) is 21.6. The van der Waals surface area contributed by atoms with Gasteiger partial charge in [0.1, 0.15) is 0 Å². The molecule has 0 radical (unpaired) electrons. The Bertz CT molecular complexity index is 1220. The van der Waals surface area contributed by atoms with E-state index in [4.69, 9.17) is 63.4 Å². The summed E-state index contributed by atoms with van der Waals surface area (Å²) >= 11 is 30.3. The van der Waals surface area contributed by atoms with E-state index < -0.39 is 11.9 Å². The highest BCUT2D eigenvalue weighted by molar-refractivity contribution is 7.80. The molecule has 3 rings (SSSR count). The lowest BCUT2D eigenvalue weighted by atomic mass is 10.1. The number of thiocarbonyl (C=S) groups is 1. The molecule has 0 fully saturated rings. The molecular weight excluding hydrogens is 538 g/mol. The van der Waals surface area contributed by atoms with Crippen LogP contribution in [0.5, 0.6) is 0 Å². The van der Waals surface area contributed by atoms with Crippen LogP contribution in [0.15, 0.2) is 60.7 Å². The number of nitrogens with one attached hydrogen (secondary N) is 1. The second-order valence-electron chi connectivity index (χ2n) is 6.94. The third-order valence-corrected chi connectivity index (χ3v) is 6.49. The van der Waals surface area contributed by atoms with Gasteiger partial charge in [-0.15, -0.1) is 0 Å². The van der Waals surface area contributed by atoms with Crippen LogP contribution in [0.25, 0.3) is 0 Å². The monoisotopic (exact) mass is 554 g/mol. The number of ether oxygens (including phenoxy) is 1. The van der Waals surface area contributed by atoms with E-state index in [0.29, 0.717) is 31.9 Å². The first-order valence-corrected chi connectivity index (χ1v) is 11.9. The summed E-state index contributed by atoms with van der Waals surface area (Å²) in [5, 5.41) is 4.25. The van der Waals surface area contributed by atoms with Crippen molar-refractivity contribution in [1.82, 2.24) is 5.32 Å². The van der Waals surface area contributed by atoms with Crippen molar-refractivity contribution in [1.29, 1.82) is 0 Å². The number of rotatable bonds is 6. The fraction of sp³-hybridized carbons (Fsp3) is 0.125. The molecule has 3 aromatic rings. The Morgan fingerprint density at radius 3 is 2.09 bits per heavy atom. The fourth-order valence-corrected chi connectivity index (χ4v) is 4.07. The van der Waals surface area contributed by atoms with E-state index in [1.807, 2.05) is 0 Å². The van der Waals surface area contributed by atoms with Crippen molar-refractivity contribution in [2.24, 2.45) is 0 Å². The number of hydrogen-bond donors (Lipinski definition) is 1. The summed E-state index contributed by atoms with van der Waals surface area (Å²) in [4.78, 5) is 26.5. The van der Waals surface area contributed by atoms with Crippen molar-refractivity contribution in [2.75, 3.05) is 11.5 Å². The maximum atomic E-state index is 12.8. The van der Waals surface area contributed by atoms with E-state index in [9.17, 15) is 9.59 Å². The number of esters is 1. The molecule has 0 atom stereocenters. The van der Waals surface area contributed by atoms with Gasteiger partial charge in [-0.25, -0.2) is 4.79 Å². The number of carbonyl (C=O) groups excluding carboxylic acids is 2. The van der Waals surface area contributed by atoms with Gasteiger partial charge in [0.05, 0.1) is 28.8 Å². The minimum absolute atomic E-state index is 0.0935. The van der Waals surface area contributed by atoms with E-state index in [1.165, 1.54) is 18.2 Å². The molecule has 0 unspecified atom stereocenters. The maximum absolute atomic E-state index is 12.8. The first kappa shape index (κ1) is 26.3. The van der Waals surface area contributed by atoms with Gasteiger partial charge in [0, 0.05) is 26.9 Å². The Labute approximate surface area is 222 Å². The quantitative estimate of drug-likeness (QED) is 0.257. The molecule has 0 aliphatic carbocycles. The summed E-state index contributed by atoms with van der Waals surface area (Å²) in [6.07, 6.45) is 0. The number of halogens is 4. The van der Waals surface area contributed by atoms with Gasteiger partial charge in [-0.1, -0.05) is 52.5 Å². The van der Waals surface area contributed by atoms with E-state index in [0.717, 1.165) is 0 Å². The zero-order chi connectivity index (χ0) is 24.8. The molecule has 5 nitrogen and oxygen atoms in total. The summed E-state index contributed by atoms with van der Waals surface area (Å²) in [7, 11) is 0. The second kappa shape index (κ2) is 11.9. The molecular formula is C24H18Cl4N2O3S. The average molecular weight is 556 g/mol. The van der Waals surface area contributed by atoms with E-state index in [2.05, 4.69) is 5.32 Å². The van der Waals surface area contributed by atoms with Gasteiger partial charge < -0.3 is 9.64 Å². The first-order valence-electron chi connectivity index (χ1n) is 9.99. The molecule has 0 saturated carbocycles. The van der Waals surface area contributed by atoms with Gasteiger partial charge in [-0.3, -0.25) is 10.1 Å². The minimum atomic E-state index is -0.470. The summed E-state index contributed by atoms with van der Waals surface area (Å²) in [6.45, 7) is 2.16. The van der Waals surface area contributed by atoms with Crippen molar-refractivity contribution >= 4 is 81.3 Å². The van der Waals surface area contributed by atoms with E-state index >= 15 is 0 Å². The zero-order valence-electron chi connectivity index (χ0n) is 17.8. The third-order valence-electron chi connectivity index (χ3n) is 4.72. The van der Waals surface area contributed by atoms with Crippen LogP contribution in [0, 0.1) is 0 Å². The van der Waals surface area contributed by atoms with Gasteiger partial charge in [0.25, 0.3) is 5.91 Å². The van der Waals surface area contributed by atoms with Crippen molar-refractivity contribution in [3.05, 3.63) is 97.4 Å². The Kier molecular flexibility index (Phi) is 9.17. The van der Waals surface area contributed by atoms with Gasteiger partial charge in [0.15, 0.2) is 5.11 Å². The standard InChI is InChI=1S/C24H18Cl4N2O3S/c1-2-33-23(32)14-6-9-16(10-7-14)30(13-17-18(25)4-3-5-19(17)26)24(34)29-22(31)15-8-11-20(27)21(28)12-15/h3-12H,2,13H2,1H3,(H,29,31,34). The van der Waals surface area contributed by atoms with Crippen LogP contribution >= 0.6 is 58.6 Å². The van der Waals surface area contributed by atoms with Crippen molar-refractivity contribution in [3.63, 3.8) is 0 Å². The molecule has 0 aliphatic heterocycles. The van der Waals surface area contributed by atoms with Gasteiger partial charge >= 0.3 is 5.97 Å². The Balaban J connectivity index is 1.92. The largest absolute Gasteiger partial charge is 0.462 e. The third kappa shape index (κ3) is 6.40. The van der Waals surface area contributed by atoms with E-state index in [-0.39, 0.29) is 28.9 Å². The number of hydrogen-bond acceptors (Lipinski definition) is 4. The SMILES string of the molecule is CCOC(=O)c1ccc(N(Cc2c(Cl)cccc2Cl)C(=S)NC(=O)c2ccc(Cl)c(Cl)c2)cc1. The number of nitrogens with zero attached hydrogens (tertiary/aromatic N) is 1. The van der Waals surface area contributed by atoms with Crippen LogP contribution in [0.4, 0.5) is 5.69 Å². The highest BCUT2D eigenvalue weighted by Crippen LogP contribution is 2.28. The van der Waals surface area contributed by atoms with Crippen LogP contribution in [0.2, 0.25) is 20.1 Å².